The Kier molecular flexibility index (Phi) is 62.3. The quantitative estimate of drug-likeness (QED) is 0.0261. The zero-order valence-corrected chi connectivity index (χ0v) is 51.2. The number of ether oxygens (including phenoxy) is 3. The third kappa shape index (κ3) is 62.9. The van der Waals surface area contributed by atoms with Gasteiger partial charge < -0.3 is 14.2 Å². The number of allylic oxidation sites excluding steroid dienone is 18. The summed E-state index contributed by atoms with van der Waals surface area (Å²) < 4.78 is 16.9. The van der Waals surface area contributed by atoms with Crippen molar-refractivity contribution in [3.8, 4) is 0 Å². The highest BCUT2D eigenvalue weighted by molar-refractivity contribution is 5.71. The van der Waals surface area contributed by atoms with E-state index in [1.54, 1.807) is 0 Å². The number of carbonyl (C=O) groups is 3. The normalized spacial score (nSPS) is 12.8. The number of hydrogen-bond donors (Lipinski definition) is 0. The highest BCUT2D eigenvalue weighted by Gasteiger charge is 2.19. The fourth-order valence-corrected chi connectivity index (χ4v) is 9.13. The Balaban J connectivity index is 4.36. The Labute approximate surface area is 482 Å². The predicted octanol–water partition coefficient (Wildman–Crippen LogP) is 22.6. The number of rotatable bonds is 59. The van der Waals surface area contributed by atoms with Gasteiger partial charge in [-0.3, -0.25) is 14.4 Å². The Bertz CT molecular complexity index is 1570. The van der Waals surface area contributed by atoms with E-state index in [2.05, 4.69) is 130 Å². The lowest BCUT2D eigenvalue weighted by atomic mass is 10.0. The molecule has 0 amide bonds. The summed E-state index contributed by atoms with van der Waals surface area (Å²) in [5.41, 5.74) is 0. The topological polar surface area (TPSA) is 78.9 Å². The molecule has 1 atom stereocenters. The molecule has 0 aliphatic carbocycles. The first kappa shape index (κ1) is 74.1. The van der Waals surface area contributed by atoms with Gasteiger partial charge in [-0.2, -0.15) is 0 Å². The monoisotopic (exact) mass is 1080 g/mol. The van der Waals surface area contributed by atoms with Gasteiger partial charge in [-0.1, -0.05) is 278 Å². The molecule has 0 saturated heterocycles. The van der Waals surface area contributed by atoms with Gasteiger partial charge in [-0.15, -0.1) is 0 Å². The molecule has 6 nitrogen and oxygen atoms in total. The van der Waals surface area contributed by atoms with Crippen molar-refractivity contribution in [2.24, 2.45) is 0 Å². The number of hydrogen-bond acceptors (Lipinski definition) is 6. The van der Waals surface area contributed by atoms with Crippen LogP contribution in [0.5, 0.6) is 0 Å². The van der Waals surface area contributed by atoms with Crippen LogP contribution in [-0.2, 0) is 28.6 Å². The maximum absolute atomic E-state index is 12.9. The molecule has 0 bridgehead atoms. The lowest BCUT2D eigenvalue weighted by molar-refractivity contribution is -0.167. The largest absolute Gasteiger partial charge is 0.462 e. The van der Waals surface area contributed by atoms with E-state index in [1.807, 2.05) is 0 Å². The van der Waals surface area contributed by atoms with Gasteiger partial charge in [0.2, 0.25) is 0 Å². The fraction of sp³-hybridized carbons (Fsp3) is 0.708. The maximum atomic E-state index is 12.9. The zero-order chi connectivity index (χ0) is 56.4. The average Bonchev–Trinajstić information content (AvgIpc) is 3.44. The molecule has 78 heavy (non-hydrogen) atoms. The van der Waals surface area contributed by atoms with Crippen LogP contribution in [-0.4, -0.2) is 37.2 Å². The van der Waals surface area contributed by atoms with Crippen LogP contribution in [0.4, 0.5) is 0 Å². The van der Waals surface area contributed by atoms with E-state index in [4.69, 9.17) is 14.2 Å². The van der Waals surface area contributed by atoms with Gasteiger partial charge in [0.15, 0.2) is 6.10 Å². The molecule has 0 aromatic carbocycles. The first-order valence-electron chi connectivity index (χ1n) is 32.9. The van der Waals surface area contributed by atoms with E-state index in [1.165, 1.54) is 154 Å². The van der Waals surface area contributed by atoms with Crippen LogP contribution in [0.15, 0.2) is 109 Å². The zero-order valence-electron chi connectivity index (χ0n) is 51.2. The highest BCUT2D eigenvalue weighted by atomic mass is 16.6. The molecule has 0 aromatic heterocycles. The minimum atomic E-state index is -0.788. The van der Waals surface area contributed by atoms with Crippen molar-refractivity contribution in [2.45, 2.75) is 316 Å². The van der Waals surface area contributed by atoms with Gasteiger partial charge >= 0.3 is 17.9 Å². The summed E-state index contributed by atoms with van der Waals surface area (Å²) in [5, 5.41) is 0. The van der Waals surface area contributed by atoms with Gasteiger partial charge in [0.25, 0.3) is 0 Å². The van der Waals surface area contributed by atoms with E-state index in [9.17, 15) is 14.4 Å². The van der Waals surface area contributed by atoms with Crippen LogP contribution in [0.2, 0.25) is 0 Å². The molecule has 0 aromatic rings. The summed E-state index contributed by atoms with van der Waals surface area (Å²) in [4.78, 5) is 38.4. The number of esters is 3. The third-order valence-electron chi connectivity index (χ3n) is 14.0. The molecule has 0 aliphatic rings. The van der Waals surface area contributed by atoms with Crippen LogP contribution in [0.3, 0.4) is 0 Å². The lowest BCUT2D eigenvalue weighted by Gasteiger charge is -2.18. The summed E-state index contributed by atoms with van der Waals surface area (Å²) in [5.74, 6) is -0.891. The molecule has 6 heteroatoms. The van der Waals surface area contributed by atoms with Gasteiger partial charge in [0.05, 0.1) is 0 Å². The van der Waals surface area contributed by atoms with Crippen LogP contribution in [0.25, 0.3) is 0 Å². The van der Waals surface area contributed by atoms with Crippen molar-refractivity contribution in [3.63, 3.8) is 0 Å². The van der Waals surface area contributed by atoms with Gasteiger partial charge in [-0.25, -0.2) is 0 Å². The van der Waals surface area contributed by atoms with Crippen LogP contribution < -0.4 is 0 Å². The summed E-state index contributed by atoms with van der Waals surface area (Å²) in [7, 11) is 0. The maximum Gasteiger partial charge on any atom is 0.306 e. The standard InChI is InChI=1S/C72H122O6/c1-4-7-10-13-16-19-22-25-28-30-32-34-36-38-40-42-44-47-50-53-56-59-62-65-71(74)77-68-69(67-76-70(73)64-61-58-55-52-49-46-27-24-21-18-15-12-9-6-3)78-72(75)66-63-60-57-54-51-48-45-43-41-39-37-35-33-31-29-26-23-20-17-14-11-8-5-2/h7-8,10-11,16-17,19-20,24-29,32-35,69H,4-6,9,12-15,18,21-23,30-31,36-68H2,1-3H3/b10-7-,11-8-,19-16-,20-17-,27-24-,28-25-,29-26-,34-32-,35-33-. The van der Waals surface area contributed by atoms with Crippen LogP contribution >= 0.6 is 0 Å². The van der Waals surface area contributed by atoms with E-state index in [0.717, 1.165) is 116 Å². The molecule has 0 saturated carbocycles. The lowest BCUT2D eigenvalue weighted by Crippen LogP contribution is -2.30. The van der Waals surface area contributed by atoms with Gasteiger partial charge in [-0.05, 0) is 122 Å². The first-order chi connectivity index (χ1) is 38.5. The minimum absolute atomic E-state index is 0.0843. The first-order valence-corrected chi connectivity index (χ1v) is 32.9. The van der Waals surface area contributed by atoms with E-state index in [-0.39, 0.29) is 31.1 Å². The Morgan fingerprint density at radius 2 is 0.500 bits per heavy atom. The smallest absolute Gasteiger partial charge is 0.306 e. The molecule has 0 radical (unpaired) electrons. The SMILES string of the molecule is CC/C=C\C/C=C\C/C=C\C/C=C\CCCCCCCCCCCCC(=O)OCC(COC(=O)CCCCCCC/C=C\CCCCCCC)OC(=O)CCCCCCCCCCCC/C=C\C/C=C\C/C=C\C/C=C\CC. The minimum Gasteiger partial charge on any atom is -0.462 e. The number of carbonyl (C=O) groups excluding carboxylic acids is 3. The molecule has 0 spiro atoms. The van der Waals surface area contributed by atoms with E-state index < -0.39 is 6.10 Å². The summed E-state index contributed by atoms with van der Waals surface area (Å²) >= 11 is 0. The van der Waals surface area contributed by atoms with Gasteiger partial charge in [0.1, 0.15) is 13.2 Å². The van der Waals surface area contributed by atoms with Crippen molar-refractivity contribution in [1.29, 1.82) is 0 Å². The average molecular weight is 1080 g/mol. The number of unbranched alkanes of at least 4 members (excludes halogenated alkanes) is 30. The molecular formula is C72H122O6. The van der Waals surface area contributed by atoms with Crippen molar-refractivity contribution >= 4 is 17.9 Å². The fourth-order valence-electron chi connectivity index (χ4n) is 9.13. The van der Waals surface area contributed by atoms with E-state index >= 15 is 0 Å². The highest BCUT2D eigenvalue weighted by Crippen LogP contribution is 2.16. The third-order valence-corrected chi connectivity index (χ3v) is 14.0. The molecule has 0 rings (SSSR count). The molecule has 0 heterocycles. The van der Waals surface area contributed by atoms with Crippen molar-refractivity contribution < 1.29 is 28.6 Å². The Hall–Kier alpha value is -3.93. The Morgan fingerprint density at radius 1 is 0.269 bits per heavy atom. The van der Waals surface area contributed by atoms with Crippen LogP contribution in [0.1, 0.15) is 310 Å². The van der Waals surface area contributed by atoms with Crippen molar-refractivity contribution in [3.05, 3.63) is 109 Å². The second-order valence-corrected chi connectivity index (χ2v) is 21.6. The Morgan fingerprint density at radius 3 is 0.795 bits per heavy atom. The molecule has 0 N–H and O–H groups in total. The van der Waals surface area contributed by atoms with Crippen molar-refractivity contribution in [2.75, 3.05) is 13.2 Å². The predicted molar refractivity (Wildman–Crippen MR) is 339 cm³/mol. The molecule has 0 aliphatic heterocycles. The second kappa shape index (κ2) is 65.6. The summed E-state index contributed by atoms with van der Waals surface area (Å²) in [6.45, 7) is 6.42. The molecule has 1 unspecified atom stereocenters. The second-order valence-electron chi connectivity index (χ2n) is 21.6. The summed E-state index contributed by atoms with van der Waals surface area (Å²) in [6.07, 6.45) is 89.5. The summed E-state index contributed by atoms with van der Waals surface area (Å²) in [6, 6.07) is 0. The molecule has 446 valence electrons. The van der Waals surface area contributed by atoms with Crippen LogP contribution in [0, 0.1) is 0 Å². The van der Waals surface area contributed by atoms with Crippen molar-refractivity contribution in [1.82, 2.24) is 0 Å². The molecular weight excluding hydrogens is 961 g/mol. The van der Waals surface area contributed by atoms with Gasteiger partial charge in [0, 0.05) is 19.3 Å². The molecule has 0 fully saturated rings. The van der Waals surface area contributed by atoms with E-state index in [0.29, 0.717) is 19.3 Å².